The summed E-state index contributed by atoms with van der Waals surface area (Å²) in [6, 6.07) is 10.2. The van der Waals surface area contributed by atoms with Gasteiger partial charge in [-0.1, -0.05) is 12.1 Å². The van der Waals surface area contributed by atoms with Crippen molar-refractivity contribution in [2.45, 2.75) is 64.1 Å². The van der Waals surface area contributed by atoms with E-state index in [2.05, 4.69) is 30.7 Å². The largest absolute Gasteiger partial charge is 0.326 e. The molecule has 1 aromatic heterocycles. The number of urea groups is 1. The van der Waals surface area contributed by atoms with Gasteiger partial charge in [0.25, 0.3) is 0 Å². The highest BCUT2D eigenvalue weighted by Gasteiger charge is 2.55. The van der Waals surface area contributed by atoms with E-state index in [0.717, 1.165) is 61.0 Å². The maximum atomic E-state index is 14.1. The van der Waals surface area contributed by atoms with E-state index in [1.54, 1.807) is 0 Å². The van der Waals surface area contributed by atoms with E-state index in [-0.39, 0.29) is 11.6 Å². The number of hydrogen-bond acceptors (Lipinski definition) is 4. The van der Waals surface area contributed by atoms with Crippen LogP contribution in [0.25, 0.3) is 0 Å². The Morgan fingerprint density at radius 2 is 1.74 bits per heavy atom. The second-order valence-electron chi connectivity index (χ2n) is 11.4. The average Bonchev–Trinajstić information content (AvgIpc) is 3.21. The lowest BCUT2D eigenvalue weighted by Crippen LogP contribution is -2.64. The van der Waals surface area contributed by atoms with Gasteiger partial charge in [-0.05, 0) is 80.9 Å². The lowest BCUT2D eigenvalue weighted by Gasteiger charge is -2.60. The van der Waals surface area contributed by atoms with Crippen molar-refractivity contribution in [1.82, 2.24) is 24.7 Å². The highest BCUT2D eigenvalue weighted by Crippen LogP contribution is 2.58. The first-order valence-corrected chi connectivity index (χ1v) is 13.3. The van der Waals surface area contributed by atoms with Crippen molar-refractivity contribution < 1.29 is 4.79 Å². The molecule has 0 spiro atoms. The van der Waals surface area contributed by atoms with Crippen LogP contribution in [0.2, 0.25) is 0 Å². The summed E-state index contributed by atoms with van der Waals surface area (Å²) in [5, 5.41) is 12.5. The molecule has 5 aliphatic rings. The summed E-state index contributed by atoms with van der Waals surface area (Å²) in [5.41, 5.74) is 2.91. The molecule has 2 heterocycles. The number of aryl methyl sites for hydroxylation is 1. The summed E-state index contributed by atoms with van der Waals surface area (Å²) in [4.78, 5) is 23.2. The van der Waals surface area contributed by atoms with Crippen LogP contribution in [0.15, 0.2) is 30.5 Å². The fourth-order valence-electron chi connectivity index (χ4n) is 7.75. The molecule has 0 atom stereocenters. The molecule has 7 heteroatoms. The van der Waals surface area contributed by atoms with Gasteiger partial charge >= 0.3 is 6.03 Å². The molecule has 1 N–H and O–H groups in total. The van der Waals surface area contributed by atoms with Gasteiger partial charge in [0.05, 0.1) is 30.1 Å². The van der Waals surface area contributed by atoms with Crippen LogP contribution in [0.4, 0.5) is 4.79 Å². The number of piperazine rings is 1. The molecule has 35 heavy (non-hydrogen) atoms. The number of nitrogens with one attached hydrogen (secondary N) is 1. The average molecular weight is 473 g/mol. The molecule has 0 radical (unpaired) electrons. The van der Waals surface area contributed by atoms with Crippen LogP contribution in [0, 0.1) is 36.0 Å². The predicted molar refractivity (Wildman–Crippen MR) is 134 cm³/mol. The van der Waals surface area contributed by atoms with Crippen molar-refractivity contribution in [3.63, 3.8) is 0 Å². The Bertz CT molecular complexity index is 1090. The van der Waals surface area contributed by atoms with Crippen molar-refractivity contribution in [2.24, 2.45) is 17.8 Å². The Morgan fingerprint density at radius 3 is 2.34 bits per heavy atom. The minimum absolute atomic E-state index is 0.00580. The Kier molecular flexibility index (Phi) is 5.80. The molecular weight excluding hydrogens is 436 g/mol. The van der Waals surface area contributed by atoms with E-state index < -0.39 is 0 Å². The number of rotatable bonds is 5. The summed E-state index contributed by atoms with van der Waals surface area (Å²) in [7, 11) is 0. The first-order valence-electron chi connectivity index (χ1n) is 13.3. The number of carbonyl (C=O) groups excluding carboxylic acids is 1. The van der Waals surface area contributed by atoms with E-state index >= 15 is 0 Å². The Balaban J connectivity index is 1.31. The molecule has 7 rings (SSSR count). The van der Waals surface area contributed by atoms with Crippen LogP contribution < -0.4 is 5.32 Å². The van der Waals surface area contributed by atoms with Gasteiger partial charge in [-0.3, -0.25) is 0 Å². The third-order valence-corrected chi connectivity index (χ3v) is 9.08. The van der Waals surface area contributed by atoms with Gasteiger partial charge in [0, 0.05) is 38.3 Å². The maximum absolute atomic E-state index is 14.1. The quantitative estimate of drug-likeness (QED) is 0.716. The number of nitrogens with zero attached hydrogens (tertiary/aromatic N) is 5. The molecule has 7 nitrogen and oxygen atoms in total. The number of carbonyl (C=O) groups is 1. The standard InChI is InChI=1S/C28H36N6O/c1-20-31-17-26(33(20)18-22-4-2-21(16-29)3-5-22)19-34(27(35)32-8-6-30-7-9-32)28-13-23-10-24(14-28)12-25(11-23)15-28/h2-5,17,23-25,30H,6-15,18-19H2,1H3. The number of aromatic nitrogens is 2. The molecule has 5 fully saturated rings. The molecular formula is C28H36N6O. The van der Waals surface area contributed by atoms with E-state index in [1.165, 1.54) is 38.5 Å². The molecule has 184 valence electrons. The topological polar surface area (TPSA) is 77.2 Å². The molecule has 2 aromatic rings. The van der Waals surface area contributed by atoms with Crippen LogP contribution in [-0.4, -0.2) is 57.1 Å². The van der Waals surface area contributed by atoms with Crippen molar-refractivity contribution in [3.05, 3.63) is 53.1 Å². The third-order valence-electron chi connectivity index (χ3n) is 9.08. The molecule has 1 aromatic carbocycles. The Hall–Kier alpha value is -2.85. The first-order chi connectivity index (χ1) is 17.0. The van der Waals surface area contributed by atoms with Crippen LogP contribution in [0.3, 0.4) is 0 Å². The fourth-order valence-corrected chi connectivity index (χ4v) is 7.75. The minimum atomic E-state index is -0.00580. The summed E-state index contributed by atoms with van der Waals surface area (Å²) >= 11 is 0. The van der Waals surface area contributed by atoms with Gasteiger partial charge in [0.1, 0.15) is 5.82 Å². The summed E-state index contributed by atoms with van der Waals surface area (Å²) in [6.07, 6.45) is 9.57. The Labute approximate surface area is 208 Å². The lowest BCUT2D eigenvalue weighted by atomic mass is 9.52. The molecule has 1 saturated heterocycles. The molecule has 1 aliphatic heterocycles. The lowest BCUT2D eigenvalue weighted by molar-refractivity contribution is -0.0786. The van der Waals surface area contributed by atoms with Crippen molar-refractivity contribution >= 4 is 6.03 Å². The summed E-state index contributed by atoms with van der Waals surface area (Å²) in [6.45, 7) is 6.67. The molecule has 4 saturated carbocycles. The number of amides is 2. The van der Waals surface area contributed by atoms with E-state index in [1.807, 2.05) is 37.4 Å². The monoisotopic (exact) mass is 472 g/mol. The smallest absolute Gasteiger partial charge is 0.320 e. The first kappa shape index (κ1) is 22.6. The maximum Gasteiger partial charge on any atom is 0.320 e. The third kappa shape index (κ3) is 4.23. The van der Waals surface area contributed by atoms with Crippen molar-refractivity contribution in [3.8, 4) is 6.07 Å². The minimum Gasteiger partial charge on any atom is -0.326 e. The van der Waals surface area contributed by atoms with Crippen LogP contribution in [0.5, 0.6) is 0 Å². The van der Waals surface area contributed by atoms with Gasteiger partial charge in [0.15, 0.2) is 0 Å². The van der Waals surface area contributed by atoms with Gasteiger partial charge < -0.3 is 19.7 Å². The van der Waals surface area contributed by atoms with Gasteiger partial charge in [-0.2, -0.15) is 5.26 Å². The Morgan fingerprint density at radius 1 is 1.11 bits per heavy atom. The highest BCUT2D eigenvalue weighted by molar-refractivity contribution is 5.75. The predicted octanol–water partition coefficient (Wildman–Crippen LogP) is 3.91. The molecule has 4 aliphatic carbocycles. The second kappa shape index (κ2) is 8.98. The van der Waals surface area contributed by atoms with Crippen molar-refractivity contribution in [1.29, 1.82) is 5.26 Å². The van der Waals surface area contributed by atoms with Crippen LogP contribution >= 0.6 is 0 Å². The number of hydrogen-bond donors (Lipinski definition) is 1. The summed E-state index contributed by atoms with van der Waals surface area (Å²) in [5.74, 6) is 3.31. The SMILES string of the molecule is Cc1ncc(CN(C(=O)N2CCNCC2)C23CC4CC(CC(C4)C2)C3)n1Cc1ccc(C#N)cc1. The number of benzene rings is 1. The highest BCUT2D eigenvalue weighted by atomic mass is 16.2. The second-order valence-corrected chi connectivity index (χ2v) is 11.4. The zero-order valence-corrected chi connectivity index (χ0v) is 20.7. The van der Waals surface area contributed by atoms with Gasteiger partial charge in [-0.15, -0.1) is 0 Å². The zero-order valence-electron chi connectivity index (χ0n) is 20.7. The summed E-state index contributed by atoms with van der Waals surface area (Å²) < 4.78 is 2.25. The molecule has 2 amide bonds. The zero-order chi connectivity index (χ0) is 24.0. The van der Waals surface area contributed by atoms with Crippen LogP contribution in [0.1, 0.15) is 61.2 Å². The van der Waals surface area contributed by atoms with Crippen molar-refractivity contribution in [2.75, 3.05) is 26.2 Å². The van der Waals surface area contributed by atoms with Gasteiger partial charge in [0.2, 0.25) is 0 Å². The van der Waals surface area contributed by atoms with E-state index in [9.17, 15) is 4.79 Å². The van der Waals surface area contributed by atoms with E-state index in [4.69, 9.17) is 5.26 Å². The van der Waals surface area contributed by atoms with Crippen LogP contribution in [-0.2, 0) is 13.1 Å². The fraction of sp³-hybridized carbons (Fsp3) is 0.607. The number of imidazole rings is 1. The molecule has 0 unspecified atom stereocenters. The van der Waals surface area contributed by atoms with E-state index in [0.29, 0.717) is 18.7 Å². The normalized spacial score (nSPS) is 29.3. The number of nitriles is 1. The van der Waals surface area contributed by atoms with Gasteiger partial charge in [-0.25, -0.2) is 9.78 Å². The molecule has 4 bridgehead atoms.